The van der Waals surface area contributed by atoms with Crippen LogP contribution in [0.1, 0.15) is 24.0 Å². The van der Waals surface area contributed by atoms with Crippen molar-refractivity contribution < 1.29 is 0 Å². The van der Waals surface area contributed by atoms with Gasteiger partial charge in [0.15, 0.2) is 0 Å². The van der Waals surface area contributed by atoms with E-state index in [1.54, 1.807) is 0 Å². The van der Waals surface area contributed by atoms with Gasteiger partial charge in [-0.25, -0.2) is 0 Å². The van der Waals surface area contributed by atoms with Gasteiger partial charge in [0.05, 0.1) is 0 Å². The fourth-order valence-electron chi connectivity index (χ4n) is 1.72. The number of hydrogen-bond acceptors (Lipinski definition) is 0. The molecule has 0 radical (unpaired) electrons. The molecule has 0 saturated carbocycles. The van der Waals surface area contributed by atoms with Crippen molar-refractivity contribution >= 4 is 0 Å². The summed E-state index contributed by atoms with van der Waals surface area (Å²) in [5.74, 6) is 0.514. The molecule has 0 amide bonds. The van der Waals surface area contributed by atoms with Crippen molar-refractivity contribution in [2.24, 2.45) is 0 Å². The van der Waals surface area contributed by atoms with Gasteiger partial charge >= 0.3 is 0 Å². The largest absolute Gasteiger partial charge is 0.0730 e. The van der Waals surface area contributed by atoms with E-state index in [1.165, 1.54) is 16.7 Å². The lowest BCUT2D eigenvalue weighted by Gasteiger charge is -2.10. The summed E-state index contributed by atoms with van der Waals surface area (Å²) in [6.45, 7) is 4.31. The molecule has 0 fully saturated rings. The molecule has 2 rings (SSSR count). The van der Waals surface area contributed by atoms with Crippen LogP contribution in [0.4, 0.5) is 0 Å². The topological polar surface area (TPSA) is 0 Å². The highest BCUT2D eigenvalue weighted by atomic mass is 14.2. The first-order valence-electron chi connectivity index (χ1n) is 4.69. The van der Waals surface area contributed by atoms with Gasteiger partial charge in [-0.05, 0) is 19.4 Å². The van der Waals surface area contributed by atoms with Crippen LogP contribution in [0.25, 0.3) is 0 Å². The summed E-state index contributed by atoms with van der Waals surface area (Å²) in [5.41, 5.74) is 4.16. The molecule has 0 heterocycles. The number of benzene rings is 1. The van der Waals surface area contributed by atoms with E-state index in [2.05, 4.69) is 56.3 Å². The lowest BCUT2D eigenvalue weighted by atomic mass is 9.94. The number of aryl methyl sites for hydroxylation is 1. The Balaban J connectivity index is 2.31. The third kappa shape index (κ3) is 1.57. The zero-order chi connectivity index (χ0) is 9.26. The summed E-state index contributed by atoms with van der Waals surface area (Å²) < 4.78 is 0. The highest BCUT2D eigenvalue weighted by molar-refractivity contribution is 5.40. The van der Waals surface area contributed by atoms with Crippen LogP contribution >= 0.6 is 0 Å². The average molecular weight is 170 g/mol. The van der Waals surface area contributed by atoms with Gasteiger partial charge in [0.2, 0.25) is 0 Å². The first kappa shape index (κ1) is 8.31. The Bertz CT molecular complexity index is 352. The van der Waals surface area contributed by atoms with Gasteiger partial charge in [-0.3, -0.25) is 0 Å². The predicted molar refractivity (Wildman–Crippen MR) is 56.8 cm³/mol. The molecule has 1 aliphatic rings. The van der Waals surface area contributed by atoms with E-state index in [1.807, 2.05) is 0 Å². The minimum Gasteiger partial charge on any atom is -0.0730 e. The molecule has 0 aliphatic heterocycles. The van der Waals surface area contributed by atoms with Crippen LogP contribution < -0.4 is 0 Å². The fraction of sp³-hybridized carbons (Fsp3) is 0.231. The third-order valence-electron chi connectivity index (χ3n) is 2.59. The average Bonchev–Trinajstić information content (AvgIpc) is 2.53. The molecule has 0 bridgehead atoms. The zero-order valence-corrected chi connectivity index (χ0v) is 8.12. The van der Waals surface area contributed by atoms with Crippen LogP contribution in [0.15, 0.2) is 48.1 Å². The fourth-order valence-corrected chi connectivity index (χ4v) is 1.72. The Morgan fingerprint density at radius 3 is 2.23 bits per heavy atom. The zero-order valence-electron chi connectivity index (χ0n) is 8.12. The molecule has 1 aromatic carbocycles. The molecule has 0 N–H and O–H groups in total. The maximum absolute atomic E-state index is 2.25. The summed E-state index contributed by atoms with van der Waals surface area (Å²) in [6, 6.07) is 8.78. The van der Waals surface area contributed by atoms with E-state index >= 15 is 0 Å². The van der Waals surface area contributed by atoms with Crippen molar-refractivity contribution in [3.8, 4) is 0 Å². The summed E-state index contributed by atoms with van der Waals surface area (Å²) in [5, 5.41) is 0. The second kappa shape index (κ2) is 3.21. The number of hydrogen-bond donors (Lipinski definition) is 0. The molecule has 1 unspecified atom stereocenters. The van der Waals surface area contributed by atoms with Crippen LogP contribution in [0.5, 0.6) is 0 Å². The number of rotatable bonds is 1. The molecule has 0 heteroatoms. The third-order valence-corrected chi connectivity index (χ3v) is 2.59. The van der Waals surface area contributed by atoms with E-state index in [-0.39, 0.29) is 0 Å². The Morgan fingerprint density at radius 2 is 1.69 bits per heavy atom. The first-order valence-corrected chi connectivity index (χ1v) is 4.69. The van der Waals surface area contributed by atoms with Crippen LogP contribution in [0.2, 0.25) is 0 Å². The van der Waals surface area contributed by atoms with Crippen molar-refractivity contribution in [1.82, 2.24) is 0 Å². The molecular weight excluding hydrogens is 156 g/mol. The normalized spacial score (nSPS) is 20.5. The van der Waals surface area contributed by atoms with E-state index in [0.29, 0.717) is 5.92 Å². The molecule has 1 aliphatic carbocycles. The second-order valence-electron chi connectivity index (χ2n) is 3.68. The lowest BCUT2D eigenvalue weighted by Crippen LogP contribution is -1.93. The van der Waals surface area contributed by atoms with E-state index < -0.39 is 0 Å². The van der Waals surface area contributed by atoms with Gasteiger partial charge < -0.3 is 0 Å². The predicted octanol–water partition coefficient (Wildman–Crippen LogP) is 3.59. The molecule has 0 spiro atoms. The lowest BCUT2D eigenvalue weighted by molar-refractivity contribution is 1.01. The Kier molecular flexibility index (Phi) is 2.05. The molecule has 1 atom stereocenters. The van der Waals surface area contributed by atoms with Crippen molar-refractivity contribution in [2.75, 3.05) is 0 Å². The minimum atomic E-state index is 0.514. The Morgan fingerprint density at radius 1 is 1.00 bits per heavy atom. The maximum Gasteiger partial charge on any atom is 0.0231 e. The van der Waals surface area contributed by atoms with Crippen LogP contribution in [-0.4, -0.2) is 0 Å². The molecule has 66 valence electrons. The van der Waals surface area contributed by atoms with E-state index in [9.17, 15) is 0 Å². The van der Waals surface area contributed by atoms with Gasteiger partial charge in [0.1, 0.15) is 0 Å². The summed E-state index contributed by atoms with van der Waals surface area (Å²) in [4.78, 5) is 0. The van der Waals surface area contributed by atoms with E-state index in [4.69, 9.17) is 0 Å². The van der Waals surface area contributed by atoms with Crippen molar-refractivity contribution in [3.05, 3.63) is 59.2 Å². The first-order chi connectivity index (χ1) is 6.27. The van der Waals surface area contributed by atoms with Gasteiger partial charge in [-0.2, -0.15) is 0 Å². The summed E-state index contributed by atoms with van der Waals surface area (Å²) in [6.07, 6.45) is 6.57. The smallest absolute Gasteiger partial charge is 0.0231 e. The van der Waals surface area contributed by atoms with Crippen molar-refractivity contribution in [1.29, 1.82) is 0 Å². The SMILES string of the molecule is CC1=CC=CC1c1ccc(C)cc1. The quantitative estimate of drug-likeness (QED) is 0.604. The molecule has 0 aromatic heterocycles. The van der Waals surface area contributed by atoms with Crippen LogP contribution in [0, 0.1) is 6.92 Å². The molecule has 1 aromatic rings. The van der Waals surface area contributed by atoms with Gasteiger partial charge in [-0.1, -0.05) is 53.6 Å². The second-order valence-corrected chi connectivity index (χ2v) is 3.68. The van der Waals surface area contributed by atoms with Crippen molar-refractivity contribution in [3.63, 3.8) is 0 Å². The summed E-state index contributed by atoms with van der Waals surface area (Å²) in [7, 11) is 0. The standard InChI is InChI=1S/C13H14/c1-10-6-8-12(9-7-10)13-5-3-4-11(13)2/h3-9,13H,1-2H3. The molecule has 0 nitrogen and oxygen atoms in total. The molecule has 13 heavy (non-hydrogen) atoms. The van der Waals surface area contributed by atoms with E-state index in [0.717, 1.165) is 0 Å². The summed E-state index contributed by atoms with van der Waals surface area (Å²) >= 11 is 0. The van der Waals surface area contributed by atoms with Crippen LogP contribution in [-0.2, 0) is 0 Å². The molecular formula is C13H14. The number of allylic oxidation sites excluding steroid dienone is 4. The maximum atomic E-state index is 2.25. The van der Waals surface area contributed by atoms with Crippen molar-refractivity contribution in [2.45, 2.75) is 19.8 Å². The highest BCUT2D eigenvalue weighted by Crippen LogP contribution is 2.29. The van der Waals surface area contributed by atoms with Gasteiger partial charge in [-0.15, -0.1) is 0 Å². The minimum absolute atomic E-state index is 0.514. The Hall–Kier alpha value is -1.30. The van der Waals surface area contributed by atoms with Gasteiger partial charge in [0, 0.05) is 5.92 Å². The van der Waals surface area contributed by atoms with Gasteiger partial charge in [0.25, 0.3) is 0 Å². The monoisotopic (exact) mass is 170 g/mol. The van der Waals surface area contributed by atoms with Crippen LogP contribution in [0.3, 0.4) is 0 Å². The molecule has 0 saturated heterocycles. The Labute approximate surface area is 79.6 Å². The highest BCUT2D eigenvalue weighted by Gasteiger charge is 2.11.